The van der Waals surface area contributed by atoms with Crippen LogP contribution in [-0.2, 0) is 4.79 Å². The molecule has 0 spiro atoms. The molecule has 3 N–H and O–H groups in total. The van der Waals surface area contributed by atoms with E-state index in [1.165, 1.54) is 0 Å². The minimum Gasteiger partial charge on any atom is -0.481 e. The summed E-state index contributed by atoms with van der Waals surface area (Å²) in [5.74, 6) is 1.38. The van der Waals surface area contributed by atoms with E-state index in [0.717, 1.165) is 24.3 Å². The van der Waals surface area contributed by atoms with E-state index < -0.39 is 5.97 Å². The van der Waals surface area contributed by atoms with Crippen molar-refractivity contribution in [3.8, 4) is 0 Å². The summed E-state index contributed by atoms with van der Waals surface area (Å²) in [6.45, 7) is 1.93. The Kier molecular flexibility index (Phi) is 3.62. The van der Waals surface area contributed by atoms with Gasteiger partial charge in [0.25, 0.3) is 0 Å². The van der Waals surface area contributed by atoms with Crippen LogP contribution in [0.15, 0.2) is 0 Å². The van der Waals surface area contributed by atoms with Crippen LogP contribution in [0.4, 0.5) is 0 Å². The number of carboxylic acids is 1. The predicted molar refractivity (Wildman–Crippen MR) is 54.9 cm³/mol. The predicted octanol–water partition coefficient (Wildman–Crippen LogP) is 1.32. The first-order valence-corrected chi connectivity index (χ1v) is 5.77. The van der Waals surface area contributed by atoms with Gasteiger partial charge in [0, 0.05) is 6.04 Å². The SMILES string of the molecule is CC(N)C1(CC(=O)O)CCSCC1. The van der Waals surface area contributed by atoms with Crippen molar-refractivity contribution in [1.29, 1.82) is 0 Å². The first-order chi connectivity index (χ1) is 6.07. The number of rotatable bonds is 3. The van der Waals surface area contributed by atoms with E-state index in [2.05, 4.69) is 0 Å². The molecule has 0 aliphatic carbocycles. The monoisotopic (exact) mass is 203 g/mol. The molecule has 0 aromatic heterocycles. The molecule has 1 unspecified atom stereocenters. The maximum atomic E-state index is 10.7. The van der Waals surface area contributed by atoms with Gasteiger partial charge in [0.1, 0.15) is 0 Å². The van der Waals surface area contributed by atoms with Gasteiger partial charge >= 0.3 is 5.97 Å². The summed E-state index contributed by atoms with van der Waals surface area (Å²) in [4.78, 5) is 10.7. The molecule has 0 aromatic carbocycles. The molecule has 0 amide bonds. The Bertz CT molecular complexity index is 188. The first kappa shape index (κ1) is 10.9. The Hall–Kier alpha value is -0.220. The zero-order valence-corrected chi connectivity index (χ0v) is 8.77. The largest absolute Gasteiger partial charge is 0.481 e. The number of carbonyl (C=O) groups is 1. The van der Waals surface area contributed by atoms with E-state index in [9.17, 15) is 4.79 Å². The number of carboxylic acid groups (broad SMARTS) is 1. The van der Waals surface area contributed by atoms with Crippen LogP contribution in [0.3, 0.4) is 0 Å². The van der Waals surface area contributed by atoms with Crippen LogP contribution in [0.25, 0.3) is 0 Å². The Morgan fingerprint density at radius 1 is 1.62 bits per heavy atom. The molecule has 1 aliphatic rings. The van der Waals surface area contributed by atoms with Gasteiger partial charge in [-0.3, -0.25) is 4.79 Å². The van der Waals surface area contributed by atoms with Crippen molar-refractivity contribution in [3.05, 3.63) is 0 Å². The third-order valence-electron chi connectivity index (χ3n) is 2.96. The maximum absolute atomic E-state index is 10.7. The normalized spacial score (nSPS) is 23.8. The van der Waals surface area contributed by atoms with Crippen LogP contribution in [0.1, 0.15) is 26.2 Å². The van der Waals surface area contributed by atoms with Crippen LogP contribution in [0.5, 0.6) is 0 Å². The average Bonchev–Trinajstić information content (AvgIpc) is 2.04. The summed E-state index contributed by atoms with van der Waals surface area (Å²) in [6.07, 6.45) is 2.12. The van der Waals surface area contributed by atoms with Gasteiger partial charge in [-0.05, 0) is 36.7 Å². The Morgan fingerprint density at radius 2 is 2.15 bits per heavy atom. The summed E-state index contributed by atoms with van der Waals surface area (Å²) in [5, 5.41) is 8.82. The summed E-state index contributed by atoms with van der Waals surface area (Å²) in [6, 6.07) is -0.00972. The van der Waals surface area contributed by atoms with Gasteiger partial charge in [-0.1, -0.05) is 0 Å². The highest BCUT2D eigenvalue weighted by molar-refractivity contribution is 7.99. The molecule has 1 saturated heterocycles. The topological polar surface area (TPSA) is 63.3 Å². The second-order valence-electron chi connectivity index (χ2n) is 3.83. The second-order valence-corrected chi connectivity index (χ2v) is 5.06. The number of hydrogen-bond acceptors (Lipinski definition) is 3. The zero-order valence-electron chi connectivity index (χ0n) is 7.95. The Balaban J connectivity index is 2.67. The highest BCUT2D eigenvalue weighted by Gasteiger charge is 2.37. The van der Waals surface area contributed by atoms with Gasteiger partial charge in [-0.2, -0.15) is 11.8 Å². The molecular weight excluding hydrogens is 186 g/mol. The molecule has 0 bridgehead atoms. The lowest BCUT2D eigenvalue weighted by atomic mass is 9.73. The molecule has 0 radical (unpaired) electrons. The number of aliphatic carboxylic acids is 1. The zero-order chi connectivity index (χ0) is 9.90. The van der Waals surface area contributed by atoms with Crippen molar-refractivity contribution in [1.82, 2.24) is 0 Å². The summed E-state index contributed by atoms with van der Waals surface area (Å²) < 4.78 is 0. The third-order valence-corrected chi connectivity index (χ3v) is 3.94. The molecule has 3 nitrogen and oxygen atoms in total. The van der Waals surface area contributed by atoms with Crippen molar-refractivity contribution >= 4 is 17.7 Å². The highest BCUT2D eigenvalue weighted by atomic mass is 32.2. The van der Waals surface area contributed by atoms with Crippen molar-refractivity contribution in [2.24, 2.45) is 11.1 Å². The summed E-state index contributed by atoms with van der Waals surface area (Å²) >= 11 is 1.89. The van der Waals surface area contributed by atoms with Crippen LogP contribution >= 0.6 is 11.8 Å². The third kappa shape index (κ3) is 2.61. The molecule has 76 valence electrons. The minimum absolute atomic E-state index is 0.00972. The fraction of sp³-hybridized carbons (Fsp3) is 0.889. The lowest BCUT2D eigenvalue weighted by Gasteiger charge is -2.39. The second kappa shape index (κ2) is 4.33. The van der Waals surface area contributed by atoms with Crippen LogP contribution in [0, 0.1) is 5.41 Å². The molecule has 0 aromatic rings. The molecule has 4 heteroatoms. The smallest absolute Gasteiger partial charge is 0.303 e. The number of nitrogens with two attached hydrogens (primary N) is 1. The van der Waals surface area contributed by atoms with Crippen LogP contribution in [-0.4, -0.2) is 28.6 Å². The van der Waals surface area contributed by atoms with Crippen molar-refractivity contribution in [3.63, 3.8) is 0 Å². The summed E-state index contributed by atoms with van der Waals surface area (Å²) in [5.41, 5.74) is 5.74. The van der Waals surface area contributed by atoms with E-state index in [1.807, 2.05) is 18.7 Å². The number of hydrogen-bond donors (Lipinski definition) is 2. The lowest BCUT2D eigenvalue weighted by Crippen LogP contribution is -2.43. The van der Waals surface area contributed by atoms with Crippen molar-refractivity contribution in [2.45, 2.75) is 32.2 Å². The molecule has 0 saturated carbocycles. The standard InChI is InChI=1S/C9H17NO2S/c1-7(10)9(6-8(11)12)2-4-13-5-3-9/h7H,2-6,10H2,1H3,(H,11,12). The van der Waals surface area contributed by atoms with Gasteiger partial charge in [-0.25, -0.2) is 0 Å². The molecule has 1 rings (SSSR count). The average molecular weight is 203 g/mol. The molecular formula is C9H17NO2S. The van der Waals surface area contributed by atoms with Gasteiger partial charge in [-0.15, -0.1) is 0 Å². The van der Waals surface area contributed by atoms with E-state index in [4.69, 9.17) is 10.8 Å². The van der Waals surface area contributed by atoms with Crippen molar-refractivity contribution in [2.75, 3.05) is 11.5 Å². The quantitative estimate of drug-likeness (QED) is 0.726. The van der Waals surface area contributed by atoms with Crippen LogP contribution < -0.4 is 5.73 Å². The van der Waals surface area contributed by atoms with Gasteiger partial charge in [0.15, 0.2) is 0 Å². The molecule has 13 heavy (non-hydrogen) atoms. The fourth-order valence-electron chi connectivity index (χ4n) is 1.87. The molecule has 1 fully saturated rings. The maximum Gasteiger partial charge on any atom is 0.303 e. The molecule has 1 atom stereocenters. The fourth-order valence-corrected chi connectivity index (χ4v) is 3.18. The van der Waals surface area contributed by atoms with Crippen molar-refractivity contribution < 1.29 is 9.90 Å². The van der Waals surface area contributed by atoms with Gasteiger partial charge in [0.2, 0.25) is 0 Å². The molecule has 1 aliphatic heterocycles. The van der Waals surface area contributed by atoms with Gasteiger partial charge in [0.05, 0.1) is 6.42 Å². The van der Waals surface area contributed by atoms with E-state index in [0.29, 0.717) is 0 Å². The highest BCUT2D eigenvalue weighted by Crippen LogP contribution is 2.40. The van der Waals surface area contributed by atoms with E-state index in [-0.39, 0.29) is 17.9 Å². The van der Waals surface area contributed by atoms with E-state index >= 15 is 0 Å². The molecule has 1 heterocycles. The first-order valence-electron chi connectivity index (χ1n) is 4.62. The minimum atomic E-state index is -0.718. The Labute approximate surface area is 83.1 Å². The number of thioether (sulfide) groups is 1. The lowest BCUT2D eigenvalue weighted by molar-refractivity contribution is -0.140. The van der Waals surface area contributed by atoms with E-state index in [1.54, 1.807) is 0 Å². The Morgan fingerprint density at radius 3 is 2.54 bits per heavy atom. The van der Waals surface area contributed by atoms with Crippen LogP contribution in [0.2, 0.25) is 0 Å². The summed E-state index contributed by atoms with van der Waals surface area (Å²) in [7, 11) is 0. The van der Waals surface area contributed by atoms with Gasteiger partial charge < -0.3 is 10.8 Å².